The monoisotopic (exact) mass is 393 g/mol. The Morgan fingerprint density at radius 2 is 1.93 bits per heavy atom. The molecule has 2 heterocycles. The number of carbonyl (C=O) groups excluding carboxylic acids is 1. The van der Waals surface area contributed by atoms with Crippen molar-refractivity contribution >= 4 is 17.5 Å². The maximum atomic E-state index is 13.4. The zero-order valence-electron chi connectivity index (χ0n) is 16.5. The molecule has 4 rings (SSSR count). The number of fused-ring (bicyclic) bond motifs is 1. The second-order valence-corrected chi connectivity index (χ2v) is 6.90. The molecule has 150 valence electrons. The van der Waals surface area contributed by atoms with Crippen LogP contribution in [0.1, 0.15) is 18.5 Å². The number of nitrogens with zero attached hydrogens (tertiary/aromatic N) is 3. The van der Waals surface area contributed by atoms with E-state index in [1.54, 1.807) is 18.9 Å². The lowest BCUT2D eigenvalue weighted by molar-refractivity contribution is -0.121. The van der Waals surface area contributed by atoms with Crippen LogP contribution in [0.4, 0.5) is 11.6 Å². The molecule has 1 amide bonds. The summed E-state index contributed by atoms with van der Waals surface area (Å²) in [6.45, 7) is 1.97. The van der Waals surface area contributed by atoms with Gasteiger partial charge in [-0.25, -0.2) is 4.68 Å². The van der Waals surface area contributed by atoms with Crippen LogP contribution in [0, 0.1) is 5.92 Å². The standard InChI is InChI=1S/C21H23N5O3/c1-13-18(20(27)25-14-7-5-4-6-8-14)19(26-21(24-13)22-12-23-26)16-11-15(28-2)9-10-17(16)29-3/h4-13,18-19H,1-3H3,(H,25,27)(H,22,23,24)/t13-,18+,19+/m1/s1. The fourth-order valence-electron chi connectivity index (χ4n) is 3.79. The number of aromatic nitrogens is 3. The van der Waals surface area contributed by atoms with Crippen LogP contribution in [0.3, 0.4) is 0 Å². The van der Waals surface area contributed by atoms with Gasteiger partial charge in [0, 0.05) is 17.3 Å². The van der Waals surface area contributed by atoms with E-state index in [1.165, 1.54) is 6.33 Å². The second-order valence-electron chi connectivity index (χ2n) is 6.90. The van der Waals surface area contributed by atoms with Crippen molar-refractivity contribution in [3.63, 3.8) is 0 Å². The first-order valence-corrected chi connectivity index (χ1v) is 9.36. The number of rotatable bonds is 5. The highest BCUT2D eigenvalue weighted by atomic mass is 16.5. The maximum Gasteiger partial charge on any atom is 0.232 e. The Bertz CT molecular complexity index is 1000. The summed E-state index contributed by atoms with van der Waals surface area (Å²) in [4.78, 5) is 17.7. The van der Waals surface area contributed by atoms with Gasteiger partial charge in [-0.1, -0.05) is 18.2 Å². The van der Waals surface area contributed by atoms with Crippen molar-refractivity contribution in [1.82, 2.24) is 14.8 Å². The molecule has 0 aliphatic carbocycles. The molecule has 0 fully saturated rings. The van der Waals surface area contributed by atoms with Crippen LogP contribution in [0.5, 0.6) is 11.5 Å². The third-order valence-electron chi connectivity index (χ3n) is 5.17. The number of nitrogens with one attached hydrogen (secondary N) is 2. The van der Waals surface area contributed by atoms with Gasteiger partial charge in [-0.05, 0) is 37.3 Å². The molecule has 0 bridgehead atoms. The van der Waals surface area contributed by atoms with E-state index in [4.69, 9.17) is 9.47 Å². The molecule has 1 aromatic heterocycles. The fourth-order valence-corrected chi connectivity index (χ4v) is 3.79. The lowest BCUT2D eigenvalue weighted by Gasteiger charge is -2.37. The molecule has 1 aliphatic rings. The van der Waals surface area contributed by atoms with E-state index in [0.717, 1.165) is 11.3 Å². The third-order valence-corrected chi connectivity index (χ3v) is 5.17. The average Bonchev–Trinajstić information content (AvgIpc) is 3.20. The minimum absolute atomic E-state index is 0.118. The van der Waals surface area contributed by atoms with Crippen molar-refractivity contribution in [2.75, 3.05) is 24.9 Å². The highest BCUT2D eigenvalue weighted by Gasteiger charge is 2.42. The van der Waals surface area contributed by atoms with E-state index >= 15 is 0 Å². The molecule has 0 unspecified atom stereocenters. The Morgan fingerprint density at radius 3 is 2.66 bits per heavy atom. The summed E-state index contributed by atoms with van der Waals surface area (Å²) in [6, 6.07) is 14.3. The first-order valence-electron chi connectivity index (χ1n) is 9.36. The normalized spacial score (nSPS) is 20.3. The molecule has 2 N–H and O–H groups in total. The number of anilines is 2. The molecule has 8 heteroatoms. The minimum atomic E-state index is -0.467. The van der Waals surface area contributed by atoms with E-state index < -0.39 is 12.0 Å². The quantitative estimate of drug-likeness (QED) is 0.693. The summed E-state index contributed by atoms with van der Waals surface area (Å²) in [6.07, 6.45) is 1.48. The summed E-state index contributed by atoms with van der Waals surface area (Å²) in [7, 11) is 3.22. The van der Waals surface area contributed by atoms with Gasteiger partial charge in [-0.3, -0.25) is 4.79 Å². The molecule has 29 heavy (non-hydrogen) atoms. The lowest BCUT2D eigenvalue weighted by atomic mass is 9.85. The largest absolute Gasteiger partial charge is 0.497 e. The SMILES string of the molecule is COc1ccc(OC)c([C@H]2[C@@H](C(=O)Nc3ccccc3)[C@@H](C)Nc3ncnn32)c1. The van der Waals surface area contributed by atoms with Crippen molar-refractivity contribution in [3.8, 4) is 11.5 Å². The zero-order valence-corrected chi connectivity index (χ0v) is 16.5. The fraction of sp³-hybridized carbons (Fsp3) is 0.286. The summed E-state index contributed by atoms with van der Waals surface area (Å²) >= 11 is 0. The molecular formula is C21H23N5O3. The van der Waals surface area contributed by atoms with Crippen molar-refractivity contribution in [2.24, 2.45) is 5.92 Å². The molecule has 8 nitrogen and oxygen atoms in total. The Labute approximate surface area is 168 Å². The van der Waals surface area contributed by atoms with Gasteiger partial charge >= 0.3 is 0 Å². The van der Waals surface area contributed by atoms with Crippen LogP contribution < -0.4 is 20.1 Å². The average molecular weight is 393 g/mol. The Balaban J connectivity index is 1.80. The van der Waals surface area contributed by atoms with Crippen LogP contribution in [0.2, 0.25) is 0 Å². The van der Waals surface area contributed by atoms with E-state index in [0.29, 0.717) is 17.4 Å². The van der Waals surface area contributed by atoms with Gasteiger partial charge in [0.15, 0.2) is 0 Å². The predicted molar refractivity (Wildman–Crippen MR) is 109 cm³/mol. The van der Waals surface area contributed by atoms with Gasteiger partial charge < -0.3 is 20.1 Å². The van der Waals surface area contributed by atoms with Crippen LogP contribution in [0.25, 0.3) is 0 Å². The molecule has 3 atom stereocenters. The number of carbonyl (C=O) groups is 1. The summed E-state index contributed by atoms with van der Waals surface area (Å²) in [5.41, 5.74) is 1.55. The number of benzene rings is 2. The summed E-state index contributed by atoms with van der Waals surface area (Å²) < 4.78 is 12.7. The Morgan fingerprint density at radius 1 is 1.14 bits per heavy atom. The highest BCUT2D eigenvalue weighted by molar-refractivity contribution is 5.94. The highest BCUT2D eigenvalue weighted by Crippen LogP contribution is 2.41. The number of hydrogen-bond acceptors (Lipinski definition) is 6. The number of para-hydroxylation sites is 1. The summed E-state index contributed by atoms with van der Waals surface area (Å²) in [5.74, 6) is 1.36. The van der Waals surface area contributed by atoms with Gasteiger partial charge in [0.1, 0.15) is 17.8 Å². The van der Waals surface area contributed by atoms with Gasteiger partial charge in [0.25, 0.3) is 0 Å². The Kier molecular flexibility index (Phi) is 5.07. The Hall–Kier alpha value is -3.55. The van der Waals surface area contributed by atoms with Crippen molar-refractivity contribution < 1.29 is 14.3 Å². The van der Waals surface area contributed by atoms with Gasteiger partial charge in [0.2, 0.25) is 11.9 Å². The first-order chi connectivity index (χ1) is 14.1. The van der Waals surface area contributed by atoms with Crippen molar-refractivity contribution in [2.45, 2.75) is 19.0 Å². The van der Waals surface area contributed by atoms with E-state index in [1.807, 2.05) is 55.5 Å². The predicted octanol–water partition coefficient (Wildman–Crippen LogP) is 2.95. The topological polar surface area (TPSA) is 90.3 Å². The molecule has 0 spiro atoms. The zero-order chi connectivity index (χ0) is 20.4. The van der Waals surface area contributed by atoms with Crippen molar-refractivity contribution in [1.29, 1.82) is 0 Å². The number of methoxy groups -OCH3 is 2. The van der Waals surface area contributed by atoms with Crippen LogP contribution >= 0.6 is 0 Å². The van der Waals surface area contributed by atoms with Crippen molar-refractivity contribution in [3.05, 3.63) is 60.4 Å². The van der Waals surface area contributed by atoms with E-state index in [9.17, 15) is 4.79 Å². The molecule has 3 aromatic rings. The van der Waals surface area contributed by atoms with Gasteiger partial charge in [-0.2, -0.15) is 10.1 Å². The molecule has 0 saturated heterocycles. The molecule has 0 radical (unpaired) electrons. The third kappa shape index (κ3) is 3.49. The van der Waals surface area contributed by atoms with Crippen LogP contribution in [0.15, 0.2) is 54.9 Å². The molecule has 0 saturated carbocycles. The second kappa shape index (κ2) is 7.83. The van der Waals surface area contributed by atoms with Crippen LogP contribution in [-0.4, -0.2) is 40.9 Å². The van der Waals surface area contributed by atoms with E-state index in [-0.39, 0.29) is 11.9 Å². The van der Waals surface area contributed by atoms with Crippen LogP contribution in [-0.2, 0) is 4.79 Å². The molecule has 2 aromatic carbocycles. The number of ether oxygens (including phenoxy) is 2. The smallest absolute Gasteiger partial charge is 0.232 e. The molecule has 1 aliphatic heterocycles. The van der Waals surface area contributed by atoms with Gasteiger partial charge in [0.05, 0.1) is 26.2 Å². The summed E-state index contributed by atoms with van der Waals surface area (Å²) in [5, 5.41) is 10.7. The number of hydrogen-bond donors (Lipinski definition) is 2. The van der Waals surface area contributed by atoms with Gasteiger partial charge in [-0.15, -0.1) is 0 Å². The lowest BCUT2D eigenvalue weighted by Crippen LogP contribution is -2.46. The maximum absolute atomic E-state index is 13.4. The first kappa shape index (κ1) is 18.8. The van der Waals surface area contributed by atoms with E-state index in [2.05, 4.69) is 20.7 Å². The minimum Gasteiger partial charge on any atom is -0.497 e. The molecular weight excluding hydrogens is 370 g/mol. The number of amides is 1.